The van der Waals surface area contributed by atoms with E-state index in [1.807, 2.05) is 12.1 Å². The Balaban J connectivity index is 1.94. The van der Waals surface area contributed by atoms with Crippen molar-refractivity contribution in [3.05, 3.63) is 68.9 Å². The van der Waals surface area contributed by atoms with Crippen LogP contribution in [0.15, 0.2) is 46.9 Å². The molecule has 0 spiro atoms. The molecule has 0 amide bonds. The van der Waals surface area contributed by atoms with Gasteiger partial charge in [0.1, 0.15) is 5.82 Å². The van der Waals surface area contributed by atoms with Gasteiger partial charge in [0.25, 0.3) is 0 Å². The highest BCUT2D eigenvalue weighted by molar-refractivity contribution is 9.10. The summed E-state index contributed by atoms with van der Waals surface area (Å²) in [5.41, 5.74) is 1.93. The highest BCUT2D eigenvalue weighted by atomic mass is 79.9. The van der Waals surface area contributed by atoms with Gasteiger partial charge in [-0.25, -0.2) is 4.39 Å². The third kappa shape index (κ3) is 2.62. The lowest BCUT2D eigenvalue weighted by Crippen LogP contribution is -2.58. The van der Waals surface area contributed by atoms with Crippen molar-refractivity contribution in [3.63, 3.8) is 0 Å². The summed E-state index contributed by atoms with van der Waals surface area (Å²) in [6.07, 6.45) is 0.680. The highest BCUT2D eigenvalue weighted by Gasteiger charge is 2.39. The van der Waals surface area contributed by atoms with Gasteiger partial charge < -0.3 is 5.32 Å². The van der Waals surface area contributed by atoms with Crippen molar-refractivity contribution in [2.24, 2.45) is 0 Å². The molecular formula is C16H14BrClFN. The van der Waals surface area contributed by atoms with E-state index in [9.17, 15) is 4.39 Å². The van der Waals surface area contributed by atoms with Crippen LogP contribution in [0.1, 0.15) is 11.1 Å². The van der Waals surface area contributed by atoms with Gasteiger partial charge in [-0.15, -0.1) is 0 Å². The van der Waals surface area contributed by atoms with Crippen molar-refractivity contribution in [2.45, 2.75) is 11.8 Å². The Bertz CT molecular complexity index is 640. The third-order valence-corrected chi connectivity index (χ3v) is 4.64. The van der Waals surface area contributed by atoms with Crippen LogP contribution >= 0.6 is 27.5 Å². The Morgan fingerprint density at radius 2 is 2.00 bits per heavy atom. The molecule has 1 nitrogen and oxygen atoms in total. The smallest absolute Gasteiger partial charge is 0.127 e. The van der Waals surface area contributed by atoms with Gasteiger partial charge in [0, 0.05) is 28.0 Å². The van der Waals surface area contributed by atoms with E-state index in [1.54, 1.807) is 12.1 Å². The normalized spacial score (nSPS) is 16.8. The summed E-state index contributed by atoms with van der Waals surface area (Å²) < 4.78 is 15.1. The number of hydrogen-bond donors (Lipinski definition) is 1. The van der Waals surface area contributed by atoms with Crippen molar-refractivity contribution >= 4 is 27.5 Å². The van der Waals surface area contributed by atoms with Gasteiger partial charge in [0.2, 0.25) is 0 Å². The van der Waals surface area contributed by atoms with E-state index in [0.29, 0.717) is 11.4 Å². The third-order valence-electron chi connectivity index (χ3n) is 3.91. The van der Waals surface area contributed by atoms with Crippen LogP contribution < -0.4 is 5.32 Å². The average Bonchev–Trinajstić information content (AvgIpc) is 2.36. The second-order valence-electron chi connectivity index (χ2n) is 5.31. The minimum absolute atomic E-state index is 0.0293. The molecule has 2 aromatic rings. The van der Waals surface area contributed by atoms with Crippen molar-refractivity contribution in [3.8, 4) is 0 Å². The second kappa shape index (κ2) is 5.47. The van der Waals surface area contributed by atoms with Gasteiger partial charge in [-0.2, -0.15) is 0 Å². The molecule has 2 aromatic carbocycles. The number of halogens is 3. The zero-order chi connectivity index (χ0) is 14.2. The van der Waals surface area contributed by atoms with E-state index < -0.39 is 0 Å². The molecule has 4 heteroatoms. The molecule has 0 aliphatic carbocycles. The van der Waals surface area contributed by atoms with Gasteiger partial charge in [0.15, 0.2) is 0 Å². The van der Waals surface area contributed by atoms with Gasteiger partial charge in [-0.3, -0.25) is 0 Å². The summed E-state index contributed by atoms with van der Waals surface area (Å²) in [6.45, 7) is 1.73. The summed E-state index contributed by atoms with van der Waals surface area (Å²) in [7, 11) is 0. The van der Waals surface area contributed by atoms with E-state index in [4.69, 9.17) is 11.6 Å². The summed E-state index contributed by atoms with van der Waals surface area (Å²) in [6, 6.07) is 13.2. The molecule has 1 saturated heterocycles. The van der Waals surface area contributed by atoms with Gasteiger partial charge >= 0.3 is 0 Å². The first kappa shape index (κ1) is 14.1. The molecule has 3 rings (SSSR count). The Hall–Kier alpha value is -0.900. The van der Waals surface area contributed by atoms with E-state index in [0.717, 1.165) is 23.1 Å². The maximum atomic E-state index is 14.0. The van der Waals surface area contributed by atoms with Crippen molar-refractivity contribution < 1.29 is 4.39 Å². The Morgan fingerprint density at radius 1 is 1.20 bits per heavy atom. The number of nitrogens with one attached hydrogen (secondary N) is 1. The topological polar surface area (TPSA) is 12.0 Å². The molecule has 1 N–H and O–H groups in total. The Labute approximate surface area is 131 Å². The van der Waals surface area contributed by atoms with Gasteiger partial charge in [0.05, 0.1) is 0 Å². The first-order chi connectivity index (χ1) is 9.59. The van der Waals surface area contributed by atoms with Crippen LogP contribution in [0.25, 0.3) is 0 Å². The average molecular weight is 355 g/mol. The zero-order valence-corrected chi connectivity index (χ0v) is 13.1. The van der Waals surface area contributed by atoms with Crippen LogP contribution in [0.5, 0.6) is 0 Å². The summed E-state index contributed by atoms with van der Waals surface area (Å²) >= 11 is 9.32. The molecule has 104 valence electrons. The van der Waals surface area contributed by atoms with E-state index in [-0.39, 0.29) is 11.2 Å². The maximum Gasteiger partial charge on any atom is 0.127 e. The number of benzene rings is 2. The monoisotopic (exact) mass is 353 g/mol. The largest absolute Gasteiger partial charge is 0.315 e. The van der Waals surface area contributed by atoms with Crippen molar-refractivity contribution in [2.75, 3.05) is 13.1 Å². The molecule has 20 heavy (non-hydrogen) atoms. The van der Waals surface area contributed by atoms with E-state index >= 15 is 0 Å². The van der Waals surface area contributed by atoms with Gasteiger partial charge in [-0.05, 0) is 41.8 Å². The predicted octanol–water partition coefficient (Wildman–Crippen LogP) is 4.33. The van der Waals surface area contributed by atoms with Crippen LogP contribution in [-0.2, 0) is 11.8 Å². The number of rotatable bonds is 3. The van der Waals surface area contributed by atoms with Crippen LogP contribution in [0.3, 0.4) is 0 Å². The quantitative estimate of drug-likeness (QED) is 0.865. The molecule has 1 heterocycles. The summed E-state index contributed by atoms with van der Waals surface area (Å²) in [5, 5.41) is 3.75. The molecule has 0 saturated carbocycles. The van der Waals surface area contributed by atoms with Crippen LogP contribution in [-0.4, -0.2) is 13.1 Å². The Morgan fingerprint density at radius 3 is 2.60 bits per heavy atom. The van der Waals surface area contributed by atoms with E-state index in [2.05, 4.69) is 33.4 Å². The fourth-order valence-corrected chi connectivity index (χ4v) is 3.26. The number of hydrogen-bond acceptors (Lipinski definition) is 1. The molecule has 1 aliphatic heterocycles. The fourth-order valence-electron chi connectivity index (χ4n) is 2.71. The summed E-state index contributed by atoms with van der Waals surface area (Å²) in [5.74, 6) is -0.223. The lowest BCUT2D eigenvalue weighted by molar-refractivity contribution is 0.272. The van der Waals surface area contributed by atoms with E-state index in [1.165, 1.54) is 11.6 Å². The lowest BCUT2D eigenvalue weighted by Gasteiger charge is -2.43. The predicted molar refractivity (Wildman–Crippen MR) is 83.8 cm³/mol. The van der Waals surface area contributed by atoms with Gasteiger partial charge in [-0.1, -0.05) is 45.7 Å². The van der Waals surface area contributed by atoms with Crippen LogP contribution in [0.2, 0.25) is 5.02 Å². The molecule has 0 radical (unpaired) electrons. The molecule has 1 fully saturated rings. The van der Waals surface area contributed by atoms with Crippen molar-refractivity contribution in [1.82, 2.24) is 5.32 Å². The minimum Gasteiger partial charge on any atom is -0.315 e. The fraction of sp³-hybridized carbons (Fsp3) is 0.250. The molecule has 0 atom stereocenters. The molecular weight excluding hydrogens is 341 g/mol. The standard InChI is InChI=1S/C16H14BrClFN/c17-13-3-1-2-12(6-13)16(9-20-10-16)8-11-4-5-14(18)7-15(11)19/h1-7,20H,8-10H2. The SMILES string of the molecule is Fc1cc(Cl)ccc1CC1(c2cccc(Br)c2)CNC1. The molecule has 0 bridgehead atoms. The zero-order valence-electron chi connectivity index (χ0n) is 10.8. The first-order valence-electron chi connectivity index (χ1n) is 6.50. The Kier molecular flexibility index (Phi) is 3.85. The van der Waals surface area contributed by atoms with Crippen LogP contribution in [0, 0.1) is 5.82 Å². The highest BCUT2D eigenvalue weighted by Crippen LogP contribution is 2.34. The second-order valence-corrected chi connectivity index (χ2v) is 6.66. The summed E-state index contributed by atoms with van der Waals surface area (Å²) in [4.78, 5) is 0. The van der Waals surface area contributed by atoms with Crippen molar-refractivity contribution in [1.29, 1.82) is 0 Å². The minimum atomic E-state index is -0.223. The first-order valence-corrected chi connectivity index (χ1v) is 7.67. The molecule has 1 aliphatic rings. The lowest BCUT2D eigenvalue weighted by atomic mass is 9.71. The maximum absolute atomic E-state index is 14.0. The molecule has 0 aromatic heterocycles. The van der Waals surface area contributed by atoms with Crippen LogP contribution in [0.4, 0.5) is 4.39 Å². The molecule has 0 unspecified atom stereocenters.